The molecule has 4 N–H and O–H groups in total. The Morgan fingerprint density at radius 1 is 1.00 bits per heavy atom. The zero-order valence-electron chi connectivity index (χ0n) is 13.6. The maximum absolute atomic E-state index is 3.61. The fourth-order valence-electron chi connectivity index (χ4n) is 3.52. The normalized spacial score (nSPS) is 22.6. The van der Waals surface area contributed by atoms with Crippen molar-refractivity contribution in [2.24, 2.45) is 0 Å². The molecule has 1 aliphatic rings. The number of rotatable bonds is 8. The summed E-state index contributed by atoms with van der Waals surface area (Å²) in [6, 6.07) is 11.1. The van der Waals surface area contributed by atoms with Gasteiger partial charge < -0.3 is 0 Å². The zero-order chi connectivity index (χ0) is 15.1. The van der Waals surface area contributed by atoms with Gasteiger partial charge in [-0.15, -0.1) is 0 Å². The second kappa shape index (κ2) is 8.29. The van der Waals surface area contributed by atoms with Crippen LogP contribution in [0.4, 0.5) is 0 Å². The summed E-state index contributed by atoms with van der Waals surface area (Å²) in [5, 5.41) is 7.78. The topological polar surface area (TPSA) is 48.1 Å². The van der Waals surface area contributed by atoms with Crippen LogP contribution in [-0.4, -0.2) is 30.7 Å². The minimum absolute atomic E-state index is 0.494. The summed E-state index contributed by atoms with van der Waals surface area (Å²) in [6.07, 6.45) is 0. The molecule has 0 amide bonds. The van der Waals surface area contributed by atoms with Crippen molar-refractivity contribution in [1.29, 1.82) is 0 Å². The second-order valence-electron chi connectivity index (χ2n) is 6.04. The van der Waals surface area contributed by atoms with E-state index >= 15 is 0 Å². The number of hydrogen-bond donors (Lipinski definition) is 4. The molecule has 118 valence electrons. The number of hydrogen-bond acceptors (Lipinski definition) is 4. The van der Waals surface area contributed by atoms with E-state index in [4.69, 9.17) is 0 Å². The molecule has 21 heavy (non-hydrogen) atoms. The average Bonchev–Trinajstić information content (AvgIpc) is 3.00. The molecule has 1 aromatic carbocycles. The summed E-state index contributed by atoms with van der Waals surface area (Å²) < 4.78 is 0. The Morgan fingerprint density at radius 2 is 1.67 bits per heavy atom. The third-order valence-electron chi connectivity index (χ3n) is 5.20. The van der Waals surface area contributed by atoms with E-state index < -0.39 is 13.3 Å². The molecule has 0 aromatic heterocycles. The first kappa shape index (κ1) is 17.0. The van der Waals surface area contributed by atoms with Crippen LogP contribution in [0.5, 0.6) is 0 Å². The van der Waals surface area contributed by atoms with E-state index in [0.29, 0.717) is 10.9 Å². The van der Waals surface area contributed by atoms with Gasteiger partial charge in [0, 0.05) is 0 Å². The van der Waals surface area contributed by atoms with Crippen LogP contribution >= 0.6 is 0 Å². The van der Waals surface area contributed by atoms with Crippen LogP contribution in [-0.2, 0) is 6.54 Å². The van der Waals surface area contributed by atoms with Crippen LogP contribution in [0.1, 0.15) is 26.3 Å². The van der Waals surface area contributed by atoms with Crippen molar-refractivity contribution in [1.82, 2.24) is 21.7 Å². The van der Waals surface area contributed by atoms with Gasteiger partial charge in [0.15, 0.2) is 0 Å². The molecule has 5 heteroatoms. The molecule has 4 nitrogen and oxygen atoms in total. The SMILES string of the molecule is C[CH2][Ge]([CH2]C)([CH2]C)[CH]1NNNC1CNCc1ccccc1. The van der Waals surface area contributed by atoms with Gasteiger partial charge in [0.25, 0.3) is 0 Å². The van der Waals surface area contributed by atoms with Crippen molar-refractivity contribution in [2.45, 2.75) is 54.0 Å². The molecule has 0 aliphatic carbocycles. The standard InChI is InChI=1S/C16H30GeN4/c1-4-17(5-2,6-3)16-15(19-21-20-16)13-18-12-14-10-8-7-9-11-14/h7-11,15-16,18-21H,4-6,12-13H2,1-3H3. The third-order valence-corrected chi connectivity index (χ3v) is 18.0. The molecule has 2 rings (SSSR count). The molecule has 1 aliphatic heterocycles. The Labute approximate surface area is 131 Å². The van der Waals surface area contributed by atoms with Crippen molar-refractivity contribution >= 4 is 13.3 Å². The van der Waals surface area contributed by atoms with Crippen molar-refractivity contribution < 1.29 is 0 Å². The Morgan fingerprint density at radius 3 is 2.29 bits per heavy atom. The molecule has 1 heterocycles. The van der Waals surface area contributed by atoms with Crippen LogP contribution in [0.15, 0.2) is 30.3 Å². The molecule has 1 fully saturated rings. The van der Waals surface area contributed by atoms with Gasteiger partial charge in [-0.25, -0.2) is 0 Å². The number of hydrazine groups is 2. The van der Waals surface area contributed by atoms with E-state index in [-0.39, 0.29) is 0 Å². The Kier molecular flexibility index (Phi) is 6.70. The Balaban J connectivity index is 1.90. The maximum atomic E-state index is 3.61. The van der Waals surface area contributed by atoms with Gasteiger partial charge in [-0.3, -0.25) is 0 Å². The van der Waals surface area contributed by atoms with Gasteiger partial charge in [-0.2, -0.15) is 0 Å². The molecule has 2 atom stereocenters. The summed E-state index contributed by atoms with van der Waals surface area (Å²) in [5.41, 5.74) is 11.5. The van der Waals surface area contributed by atoms with E-state index in [0.717, 1.165) is 13.1 Å². The Bertz CT molecular complexity index is 400. The molecule has 2 unspecified atom stereocenters. The molecule has 0 bridgehead atoms. The van der Waals surface area contributed by atoms with Crippen molar-refractivity contribution in [2.75, 3.05) is 6.54 Å². The summed E-state index contributed by atoms with van der Waals surface area (Å²) in [6.45, 7) is 9.12. The first-order chi connectivity index (χ1) is 10.3. The van der Waals surface area contributed by atoms with Gasteiger partial charge >= 0.3 is 131 Å². The van der Waals surface area contributed by atoms with Crippen molar-refractivity contribution in [3.63, 3.8) is 0 Å². The second-order valence-corrected chi connectivity index (χ2v) is 17.5. The summed E-state index contributed by atoms with van der Waals surface area (Å²) in [4.78, 5) is 0.647. The minimum atomic E-state index is -1.82. The van der Waals surface area contributed by atoms with E-state index in [1.54, 1.807) is 0 Å². The molecule has 1 saturated heterocycles. The number of benzene rings is 1. The van der Waals surface area contributed by atoms with E-state index in [9.17, 15) is 0 Å². The van der Waals surface area contributed by atoms with Gasteiger partial charge in [0.2, 0.25) is 0 Å². The fraction of sp³-hybridized carbons (Fsp3) is 0.625. The van der Waals surface area contributed by atoms with E-state index in [1.807, 2.05) is 0 Å². The van der Waals surface area contributed by atoms with Gasteiger partial charge in [0.1, 0.15) is 0 Å². The molecule has 0 radical (unpaired) electrons. The summed E-state index contributed by atoms with van der Waals surface area (Å²) in [7, 11) is 0. The van der Waals surface area contributed by atoms with Crippen LogP contribution in [0.3, 0.4) is 0 Å². The van der Waals surface area contributed by atoms with Gasteiger partial charge in [-0.05, 0) is 0 Å². The predicted octanol–water partition coefficient (Wildman–Crippen LogP) is 2.17. The molecular weight excluding hydrogens is 321 g/mol. The third kappa shape index (κ3) is 4.08. The van der Waals surface area contributed by atoms with E-state index in [2.05, 4.69) is 72.8 Å². The van der Waals surface area contributed by atoms with Crippen molar-refractivity contribution in [3.05, 3.63) is 35.9 Å². The van der Waals surface area contributed by atoms with Crippen LogP contribution < -0.4 is 21.7 Å². The molecular formula is C16H30GeN4. The monoisotopic (exact) mass is 352 g/mol. The first-order valence-electron chi connectivity index (χ1n) is 8.26. The fourth-order valence-corrected chi connectivity index (χ4v) is 12.4. The van der Waals surface area contributed by atoms with Gasteiger partial charge in [0.05, 0.1) is 0 Å². The molecule has 1 aromatic rings. The number of nitrogens with one attached hydrogen (secondary N) is 4. The Hall–Kier alpha value is -0.397. The average molecular weight is 351 g/mol. The quantitative estimate of drug-likeness (QED) is 0.543. The van der Waals surface area contributed by atoms with Crippen LogP contribution in [0, 0.1) is 0 Å². The predicted molar refractivity (Wildman–Crippen MR) is 92.3 cm³/mol. The van der Waals surface area contributed by atoms with Crippen LogP contribution in [0.25, 0.3) is 0 Å². The van der Waals surface area contributed by atoms with Gasteiger partial charge in [-0.1, -0.05) is 0 Å². The molecule has 0 spiro atoms. The first-order valence-corrected chi connectivity index (χ1v) is 13.9. The summed E-state index contributed by atoms with van der Waals surface area (Å²) >= 11 is -1.82. The zero-order valence-corrected chi connectivity index (χ0v) is 15.7. The summed E-state index contributed by atoms with van der Waals surface area (Å²) in [5.74, 6) is 0. The van der Waals surface area contributed by atoms with Crippen molar-refractivity contribution in [3.8, 4) is 0 Å². The van der Waals surface area contributed by atoms with E-state index in [1.165, 1.54) is 21.3 Å². The van der Waals surface area contributed by atoms with Crippen LogP contribution in [0.2, 0.25) is 15.8 Å². The molecule has 0 saturated carbocycles.